The van der Waals surface area contributed by atoms with E-state index in [1.165, 1.54) is 19.2 Å². The van der Waals surface area contributed by atoms with Crippen LogP contribution in [0.2, 0.25) is 0 Å². The van der Waals surface area contributed by atoms with Crippen molar-refractivity contribution in [2.45, 2.75) is 9.79 Å². The van der Waals surface area contributed by atoms with Crippen LogP contribution in [0.4, 0.5) is 0 Å². The SMILES string of the molecule is COc1ccc(S(=O)(=O)Cl)cc1S(C)(=O)=O. The summed E-state index contributed by atoms with van der Waals surface area (Å²) in [6.45, 7) is 0. The molecule has 0 saturated heterocycles. The lowest BCUT2D eigenvalue weighted by Crippen LogP contribution is -2.02. The molecule has 5 nitrogen and oxygen atoms in total. The molecule has 8 heteroatoms. The Morgan fingerprint density at radius 2 is 1.75 bits per heavy atom. The van der Waals surface area contributed by atoms with E-state index in [1.54, 1.807) is 0 Å². The van der Waals surface area contributed by atoms with Gasteiger partial charge in [-0.25, -0.2) is 16.8 Å². The standard InChI is InChI=1S/C8H9ClO5S2/c1-14-7-4-3-6(16(9,12)13)5-8(7)15(2,10)11/h3-5H,1-2H3. The second-order valence-corrected chi connectivity index (χ2v) is 7.57. The molecule has 0 atom stereocenters. The lowest BCUT2D eigenvalue weighted by atomic mass is 10.3. The Bertz CT molecular complexity index is 603. The highest BCUT2D eigenvalue weighted by Gasteiger charge is 2.19. The van der Waals surface area contributed by atoms with Crippen molar-refractivity contribution < 1.29 is 21.6 Å². The Hall–Kier alpha value is -0.790. The van der Waals surface area contributed by atoms with Gasteiger partial charge >= 0.3 is 0 Å². The molecule has 0 aliphatic carbocycles. The number of methoxy groups -OCH3 is 1. The third-order valence-corrected chi connectivity index (χ3v) is 4.29. The molecule has 0 unspecified atom stereocenters. The fraction of sp³-hybridized carbons (Fsp3) is 0.250. The van der Waals surface area contributed by atoms with E-state index in [4.69, 9.17) is 15.4 Å². The first-order valence-corrected chi connectivity index (χ1v) is 8.19. The van der Waals surface area contributed by atoms with Gasteiger partial charge in [0, 0.05) is 16.9 Å². The molecule has 0 radical (unpaired) electrons. The maximum absolute atomic E-state index is 11.4. The zero-order valence-corrected chi connectivity index (χ0v) is 10.9. The van der Waals surface area contributed by atoms with Gasteiger partial charge in [-0.3, -0.25) is 0 Å². The van der Waals surface area contributed by atoms with Gasteiger partial charge in [0.2, 0.25) is 0 Å². The number of halogens is 1. The maximum Gasteiger partial charge on any atom is 0.261 e. The number of hydrogen-bond donors (Lipinski definition) is 0. The summed E-state index contributed by atoms with van der Waals surface area (Å²) in [5.41, 5.74) is 0. The first-order valence-electron chi connectivity index (χ1n) is 3.99. The zero-order chi connectivity index (χ0) is 12.6. The van der Waals surface area contributed by atoms with E-state index in [0.29, 0.717) is 0 Å². The van der Waals surface area contributed by atoms with Crippen LogP contribution in [0.1, 0.15) is 0 Å². The molecule has 0 N–H and O–H groups in total. The molecule has 0 heterocycles. The van der Waals surface area contributed by atoms with Crippen LogP contribution < -0.4 is 4.74 Å². The first kappa shape index (κ1) is 13.3. The highest BCUT2D eigenvalue weighted by Crippen LogP contribution is 2.27. The lowest BCUT2D eigenvalue weighted by Gasteiger charge is -2.07. The number of hydrogen-bond acceptors (Lipinski definition) is 5. The Kier molecular flexibility index (Phi) is 3.51. The van der Waals surface area contributed by atoms with Crippen molar-refractivity contribution >= 4 is 29.6 Å². The number of ether oxygens (including phenoxy) is 1. The lowest BCUT2D eigenvalue weighted by molar-refractivity contribution is 0.402. The molecule has 1 aromatic carbocycles. The Morgan fingerprint density at radius 1 is 1.19 bits per heavy atom. The van der Waals surface area contributed by atoms with Crippen LogP contribution in [0.3, 0.4) is 0 Å². The van der Waals surface area contributed by atoms with Crippen molar-refractivity contribution in [3.63, 3.8) is 0 Å². The van der Waals surface area contributed by atoms with Crippen LogP contribution in [0.5, 0.6) is 5.75 Å². The molecule has 90 valence electrons. The molecular formula is C8H9ClO5S2. The summed E-state index contributed by atoms with van der Waals surface area (Å²) in [5.74, 6) is 0.0755. The monoisotopic (exact) mass is 284 g/mol. The minimum atomic E-state index is -3.96. The molecule has 0 bridgehead atoms. The van der Waals surface area contributed by atoms with Gasteiger partial charge in [0.1, 0.15) is 10.6 Å². The molecule has 0 spiro atoms. The van der Waals surface area contributed by atoms with Gasteiger partial charge in [-0.05, 0) is 18.2 Å². The van der Waals surface area contributed by atoms with Gasteiger partial charge < -0.3 is 4.74 Å². The summed E-state index contributed by atoms with van der Waals surface area (Å²) in [6.07, 6.45) is 0.954. The van der Waals surface area contributed by atoms with Gasteiger partial charge in [0.05, 0.1) is 12.0 Å². The van der Waals surface area contributed by atoms with E-state index in [2.05, 4.69) is 0 Å². The van der Waals surface area contributed by atoms with E-state index in [-0.39, 0.29) is 15.5 Å². The molecule has 0 amide bonds. The minimum Gasteiger partial charge on any atom is -0.495 e. The van der Waals surface area contributed by atoms with E-state index >= 15 is 0 Å². The molecule has 0 aliphatic heterocycles. The predicted molar refractivity (Wildman–Crippen MR) is 59.1 cm³/mol. The van der Waals surface area contributed by atoms with E-state index < -0.39 is 18.9 Å². The summed E-state index contributed by atoms with van der Waals surface area (Å²) >= 11 is 0. The van der Waals surface area contributed by atoms with Crippen molar-refractivity contribution in [3.05, 3.63) is 18.2 Å². The summed E-state index contributed by atoms with van der Waals surface area (Å²) < 4.78 is 49.7. The largest absolute Gasteiger partial charge is 0.495 e. The van der Waals surface area contributed by atoms with Crippen molar-refractivity contribution in [2.24, 2.45) is 0 Å². The van der Waals surface area contributed by atoms with E-state index in [1.807, 2.05) is 0 Å². The van der Waals surface area contributed by atoms with E-state index in [9.17, 15) is 16.8 Å². The van der Waals surface area contributed by atoms with Crippen LogP contribution in [0.25, 0.3) is 0 Å². The second-order valence-electron chi connectivity index (χ2n) is 3.02. The van der Waals surface area contributed by atoms with Crippen LogP contribution in [-0.2, 0) is 18.9 Å². The molecule has 0 aliphatic rings. The van der Waals surface area contributed by atoms with Crippen molar-refractivity contribution in [3.8, 4) is 5.75 Å². The van der Waals surface area contributed by atoms with Crippen molar-refractivity contribution in [1.82, 2.24) is 0 Å². The Morgan fingerprint density at radius 3 is 2.12 bits per heavy atom. The second kappa shape index (κ2) is 4.23. The van der Waals surface area contributed by atoms with Crippen LogP contribution in [0.15, 0.2) is 28.0 Å². The predicted octanol–water partition coefficient (Wildman–Crippen LogP) is 1.03. The number of benzene rings is 1. The molecule has 0 aromatic heterocycles. The van der Waals surface area contributed by atoms with Crippen molar-refractivity contribution in [2.75, 3.05) is 13.4 Å². The van der Waals surface area contributed by atoms with Crippen LogP contribution in [0, 0.1) is 0 Å². The van der Waals surface area contributed by atoms with Gasteiger partial charge in [0.15, 0.2) is 9.84 Å². The number of rotatable bonds is 3. The van der Waals surface area contributed by atoms with Gasteiger partial charge in [-0.2, -0.15) is 0 Å². The van der Waals surface area contributed by atoms with Gasteiger partial charge in [0.25, 0.3) is 9.05 Å². The maximum atomic E-state index is 11.4. The topological polar surface area (TPSA) is 77.5 Å². The summed E-state index contributed by atoms with van der Waals surface area (Å²) in [5, 5.41) is 0. The fourth-order valence-corrected chi connectivity index (χ4v) is 2.81. The summed E-state index contributed by atoms with van der Waals surface area (Å²) in [4.78, 5) is -0.493. The highest BCUT2D eigenvalue weighted by atomic mass is 35.7. The average Bonchev–Trinajstić information content (AvgIpc) is 2.14. The quantitative estimate of drug-likeness (QED) is 0.775. The molecular weight excluding hydrogens is 276 g/mol. The third kappa shape index (κ3) is 2.87. The number of sulfone groups is 1. The smallest absolute Gasteiger partial charge is 0.261 e. The third-order valence-electron chi connectivity index (χ3n) is 1.82. The highest BCUT2D eigenvalue weighted by molar-refractivity contribution is 8.13. The van der Waals surface area contributed by atoms with E-state index in [0.717, 1.165) is 12.3 Å². The molecule has 16 heavy (non-hydrogen) atoms. The molecule has 1 aromatic rings. The van der Waals surface area contributed by atoms with Crippen LogP contribution in [-0.4, -0.2) is 30.2 Å². The Labute approximate surface area is 98.3 Å². The summed E-state index contributed by atoms with van der Waals surface area (Å²) in [6, 6.07) is 3.39. The Balaban J connectivity index is 3.58. The first-order chi connectivity index (χ1) is 7.16. The van der Waals surface area contributed by atoms with Crippen molar-refractivity contribution in [1.29, 1.82) is 0 Å². The molecule has 1 rings (SSSR count). The minimum absolute atomic E-state index is 0.0755. The van der Waals surface area contributed by atoms with Gasteiger partial charge in [-0.1, -0.05) is 0 Å². The zero-order valence-electron chi connectivity index (χ0n) is 8.47. The summed E-state index contributed by atoms with van der Waals surface area (Å²) in [7, 11) is -1.13. The normalized spacial score (nSPS) is 12.4. The fourth-order valence-electron chi connectivity index (χ4n) is 1.10. The average molecular weight is 285 g/mol. The van der Waals surface area contributed by atoms with Gasteiger partial charge in [-0.15, -0.1) is 0 Å². The van der Waals surface area contributed by atoms with Crippen LogP contribution >= 0.6 is 10.7 Å². The molecule has 0 saturated carbocycles. The molecule has 0 fully saturated rings.